The van der Waals surface area contributed by atoms with E-state index in [-0.39, 0.29) is 11.7 Å². The molecule has 0 saturated carbocycles. The normalized spacial score (nSPS) is 18.6. The second-order valence-electron chi connectivity index (χ2n) is 8.57. The predicted molar refractivity (Wildman–Crippen MR) is 130 cm³/mol. The van der Waals surface area contributed by atoms with Crippen molar-refractivity contribution in [1.82, 2.24) is 4.90 Å². The Hall–Kier alpha value is -3.67. The largest absolute Gasteiger partial charge is 0.366 e. The summed E-state index contributed by atoms with van der Waals surface area (Å²) in [6, 6.07) is 24.4. The zero-order chi connectivity index (χ0) is 22.8. The number of anilines is 2. The van der Waals surface area contributed by atoms with Crippen molar-refractivity contribution < 1.29 is 9.18 Å². The van der Waals surface area contributed by atoms with E-state index in [9.17, 15) is 9.18 Å². The molecular weight excluding hydrogens is 415 g/mol. The fourth-order valence-electron chi connectivity index (χ4n) is 4.56. The molecule has 1 atom stereocenters. The molecule has 3 aromatic rings. The maximum Gasteiger partial charge on any atom is 0.259 e. The second-order valence-corrected chi connectivity index (χ2v) is 8.57. The van der Waals surface area contributed by atoms with E-state index >= 15 is 0 Å². The summed E-state index contributed by atoms with van der Waals surface area (Å²) in [5.41, 5.74) is 3.65. The van der Waals surface area contributed by atoms with Crippen molar-refractivity contribution in [3.8, 4) is 0 Å². The van der Waals surface area contributed by atoms with Crippen LogP contribution in [0.25, 0.3) is 0 Å². The van der Waals surface area contributed by atoms with Crippen molar-refractivity contribution in [3.63, 3.8) is 0 Å². The minimum atomic E-state index is -0.451. The van der Waals surface area contributed by atoms with Gasteiger partial charge in [0.15, 0.2) is 0 Å². The number of amides is 1. The summed E-state index contributed by atoms with van der Waals surface area (Å²) in [6.07, 6.45) is 0.570. The van der Waals surface area contributed by atoms with Crippen LogP contribution in [0.3, 0.4) is 0 Å². The van der Waals surface area contributed by atoms with E-state index in [2.05, 4.69) is 9.80 Å². The molecule has 0 bridgehead atoms. The zero-order valence-corrected chi connectivity index (χ0v) is 18.7. The minimum absolute atomic E-state index is 0.00372. The third-order valence-electron chi connectivity index (χ3n) is 6.26. The maximum absolute atomic E-state index is 14.3. The van der Waals surface area contributed by atoms with E-state index in [4.69, 9.17) is 4.99 Å². The number of aliphatic imine (C=N–C) groups is 1. The molecule has 1 unspecified atom stereocenters. The van der Waals surface area contributed by atoms with Gasteiger partial charge in [0.25, 0.3) is 5.91 Å². The average molecular weight is 443 g/mol. The Kier molecular flexibility index (Phi) is 5.82. The van der Waals surface area contributed by atoms with Crippen LogP contribution >= 0.6 is 0 Å². The highest BCUT2D eigenvalue weighted by atomic mass is 19.1. The number of piperazine rings is 1. The van der Waals surface area contributed by atoms with Crippen molar-refractivity contribution in [2.45, 2.75) is 19.4 Å². The molecule has 2 heterocycles. The number of guanidine groups is 1. The lowest BCUT2D eigenvalue weighted by molar-refractivity contribution is -0.118. The van der Waals surface area contributed by atoms with Crippen LogP contribution in [-0.2, 0) is 11.2 Å². The monoisotopic (exact) mass is 442 g/mol. The number of hydrogen-bond acceptors (Lipinski definition) is 4. The SMILES string of the molecule is Cc1cccc(N2C(=O)C(Cc3ccccc3)N=C2N2CCN(c3ccccc3F)CC2)c1. The van der Waals surface area contributed by atoms with Gasteiger partial charge in [-0.05, 0) is 42.3 Å². The molecule has 2 aliphatic heterocycles. The van der Waals surface area contributed by atoms with Gasteiger partial charge >= 0.3 is 0 Å². The lowest BCUT2D eigenvalue weighted by Gasteiger charge is -2.38. The summed E-state index contributed by atoms with van der Waals surface area (Å²) >= 11 is 0. The van der Waals surface area contributed by atoms with E-state index < -0.39 is 6.04 Å². The third-order valence-corrected chi connectivity index (χ3v) is 6.26. The molecule has 1 amide bonds. The smallest absolute Gasteiger partial charge is 0.259 e. The van der Waals surface area contributed by atoms with Crippen LogP contribution < -0.4 is 9.80 Å². The quantitative estimate of drug-likeness (QED) is 0.606. The molecule has 5 nitrogen and oxygen atoms in total. The minimum Gasteiger partial charge on any atom is -0.366 e. The molecule has 33 heavy (non-hydrogen) atoms. The fraction of sp³-hybridized carbons (Fsp3) is 0.259. The zero-order valence-electron chi connectivity index (χ0n) is 18.7. The number of carbonyl (C=O) groups is 1. The van der Waals surface area contributed by atoms with E-state index in [1.165, 1.54) is 6.07 Å². The van der Waals surface area contributed by atoms with Gasteiger partial charge in [-0.15, -0.1) is 0 Å². The average Bonchev–Trinajstić information content (AvgIpc) is 3.16. The first-order valence-electron chi connectivity index (χ1n) is 11.4. The molecule has 0 spiro atoms. The Morgan fingerprint density at radius 3 is 2.30 bits per heavy atom. The van der Waals surface area contributed by atoms with Gasteiger partial charge in [0, 0.05) is 32.6 Å². The standard InChI is InChI=1S/C27H27FN4O/c1-20-8-7-11-22(18-20)32-26(33)24(19-21-9-3-2-4-10-21)29-27(32)31-16-14-30(15-17-31)25-13-6-5-12-23(25)28/h2-13,18,24H,14-17,19H2,1H3. The van der Waals surface area contributed by atoms with Crippen LogP contribution in [0.15, 0.2) is 83.9 Å². The van der Waals surface area contributed by atoms with E-state index in [1.807, 2.05) is 73.7 Å². The summed E-state index contributed by atoms with van der Waals surface area (Å²) in [5, 5.41) is 0. The maximum atomic E-state index is 14.3. The van der Waals surface area contributed by atoms with Gasteiger partial charge in [0.2, 0.25) is 5.96 Å². The van der Waals surface area contributed by atoms with Gasteiger partial charge in [-0.25, -0.2) is 14.3 Å². The Morgan fingerprint density at radius 2 is 1.58 bits per heavy atom. The van der Waals surface area contributed by atoms with Gasteiger partial charge in [0.1, 0.15) is 11.9 Å². The van der Waals surface area contributed by atoms with Gasteiger partial charge < -0.3 is 9.80 Å². The molecule has 0 N–H and O–H groups in total. The number of carbonyl (C=O) groups excluding carboxylic acids is 1. The van der Waals surface area contributed by atoms with Crippen LogP contribution in [0, 0.1) is 12.7 Å². The first-order valence-corrected chi connectivity index (χ1v) is 11.4. The predicted octanol–water partition coefficient (Wildman–Crippen LogP) is 4.27. The summed E-state index contributed by atoms with van der Waals surface area (Å²) in [7, 11) is 0. The van der Waals surface area contributed by atoms with Crippen LogP contribution in [0.4, 0.5) is 15.8 Å². The highest BCUT2D eigenvalue weighted by Crippen LogP contribution is 2.27. The second kappa shape index (κ2) is 9.06. The highest BCUT2D eigenvalue weighted by molar-refractivity contribution is 6.22. The molecule has 5 rings (SSSR count). The molecule has 0 aliphatic carbocycles. The number of hydrogen-bond donors (Lipinski definition) is 0. The number of rotatable bonds is 4. The Bertz CT molecular complexity index is 1170. The number of nitrogens with zero attached hydrogens (tertiary/aromatic N) is 4. The number of aryl methyl sites for hydroxylation is 1. The number of benzene rings is 3. The van der Waals surface area contributed by atoms with Crippen molar-refractivity contribution in [2.75, 3.05) is 36.0 Å². The molecule has 6 heteroatoms. The van der Waals surface area contributed by atoms with Crippen molar-refractivity contribution in [2.24, 2.45) is 4.99 Å². The Labute approximate surface area is 193 Å². The molecule has 1 fully saturated rings. The summed E-state index contributed by atoms with van der Waals surface area (Å²) < 4.78 is 14.3. The van der Waals surface area contributed by atoms with Crippen LogP contribution in [0.2, 0.25) is 0 Å². The van der Waals surface area contributed by atoms with Crippen molar-refractivity contribution in [3.05, 3.63) is 95.8 Å². The third kappa shape index (κ3) is 4.33. The van der Waals surface area contributed by atoms with Crippen molar-refractivity contribution >= 4 is 23.2 Å². The van der Waals surface area contributed by atoms with Gasteiger partial charge in [-0.3, -0.25) is 4.79 Å². The number of halogens is 1. The van der Waals surface area contributed by atoms with Gasteiger partial charge in [-0.2, -0.15) is 0 Å². The number of para-hydroxylation sites is 1. The highest BCUT2D eigenvalue weighted by Gasteiger charge is 2.39. The van der Waals surface area contributed by atoms with E-state index in [0.717, 1.165) is 16.8 Å². The molecule has 168 valence electrons. The molecule has 1 saturated heterocycles. The molecule has 0 aromatic heterocycles. The molecular formula is C27H27FN4O. The first kappa shape index (κ1) is 21.2. The fourth-order valence-corrected chi connectivity index (χ4v) is 4.56. The van der Waals surface area contributed by atoms with Crippen molar-refractivity contribution in [1.29, 1.82) is 0 Å². The molecule has 0 radical (unpaired) electrons. The first-order chi connectivity index (χ1) is 16.1. The lowest BCUT2D eigenvalue weighted by Crippen LogP contribution is -2.53. The van der Waals surface area contributed by atoms with E-state index in [0.29, 0.717) is 44.2 Å². The van der Waals surface area contributed by atoms with Crippen LogP contribution in [-0.4, -0.2) is 49.0 Å². The van der Waals surface area contributed by atoms with E-state index in [1.54, 1.807) is 11.0 Å². The van der Waals surface area contributed by atoms with Crippen LogP contribution in [0.1, 0.15) is 11.1 Å². The summed E-state index contributed by atoms with van der Waals surface area (Å²) in [4.78, 5) is 24.4. The molecule has 2 aliphatic rings. The molecule has 3 aromatic carbocycles. The lowest BCUT2D eigenvalue weighted by atomic mass is 10.1. The Morgan fingerprint density at radius 1 is 0.879 bits per heavy atom. The summed E-state index contributed by atoms with van der Waals surface area (Å²) in [6.45, 7) is 4.69. The topological polar surface area (TPSA) is 39.2 Å². The Balaban J connectivity index is 1.40. The summed E-state index contributed by atoms with van der Waals surface area (Å²) in [5.74, 6) is 0.486. The van der Waals surface area contributed by atoms with Gasteiger partial charge in [-0.1, -0.05) is 54.6 Å². The van der Waals surface area contributed by atoms with Crippen LogP contribution in [0.5, 0.6) is 0 Å². The van der Waals surface area contributed by atoms with Gasteiger partial charge in [0.05, 0.1) is 11.4 Å².